The number of hydrogen-bond donors (Lipinski definition) is 2. The van der Waals surface area contributed by atoms with Gasteiger partial charge in [0.25, 0.3) is 5.91 Å². The minimum atomic E-state index is -0.487. The number of rotatable bonds is 7. The first kappa shape index (κ1) is 18.3. The minimum Gasteiger partial charge on any atom is -0.507 e. The summed E-state index contributed by atoms with van der Waals surface area (Å²) >= 11 is 0. The van der Waals surface area contributed by atoms with E-state index in [1.54, 1.807) is 24.3 Å². The first-order valence-electron chi connectivity index (χ1n) is 8.06. The summed E-state index contributed by atoms with van der Waals surface area (Å²) in [7, 11) is 0. The molecule has 0 fully saturated rings. The number of hydrogen-bond acceptors (Lipinski definition) is 5. The van der Waals surface area contributed by atoms with Crippen LogP contribution in [0.15, 0.2) is 47.6 Å². The Morgan fingerprint density at radius 1 is 1.24 bits per heavy atom. The molecule has 0 spiro atoms. The van der Waals surface area contributed by atoms with Crippen molar-refractivity contribution in [1.29, 1.82) is 0 Å². The van der Waals surface area contributed by atoms with Gasteiger partial charge < -0.3 is 14.6 Å². The number of carbonyl (C=O) groups excluding carboxylic acids is 1. The maximum atomic E-state index is 12.0. The number of phenolic OH excluding ortho intramolecular Hbond substituents is 1. The summed E-state index contributed by atoms with van der Waals surface area (Å²) in [5.41, 5.74) is 3.29. The van der Waals surface area contributed by atoms with Crippen LogP contribution in [0.1, 0.15) is 36.7 Å². The highest BCUT2D eigenvalue weighted by atomic mass is 16.5. The van der Waals surface area contributed by atoms with Crippen molar-refractivity contribution in [2.24, 2.45) is 5.10 Å². The van der Waals surface area contributed by atoms with Gasteiger partial charge in [0, 0.05) is 0 Å². The number of phenols is 1. The lowest BCUT2D eigenvalue weighted by Gasteiger charge is -2.14. The van der Waals surface area contributed by atoms with E-state index in [0.717, 1.165) is 5.56 Å². The van der Waals surface area contributed by atoms with E-state index in [0.29, 0.717) is 18.1 Å². The zero-order valence-electron chi connectivity index (χ0n) is 14.5. The summed E-state index contributed by atoms with van der Waals surface area (Å²) in [6, 6.07) is 11.7. The number of amides is 1. The lowest BCUT2D eigenvalue weighted by atomic mass is 10.2. The molecule has 132 valence electrons. The Balaban J connectivity index is 2.09. The molecule has 6 heteroatoms. The van der Waals surface area contributed by atoms with Crippen LogP contribution >= 0.6 is 0 Å². The van der Waals surface area contributed by atoms with Crippen molar-refractivity contribution >= 4 is 12.1 Å². The Labute approximate surface area is 147 Å². The molecule has 2 aromatic rings. The van der Waals surface area contributed by atoms with E-state index in [4.69, 9.17) is 9.47 Å². The fraction of sp³-hybridized carbons (Fsp3) is 0.263. The van der Waals surface area contributed by atoms with Crippen LogP contribution in [0.5, 0.6) is 17.2 Å². The van der Waals surface area contributed by atoms with Crippen molar-refractivity contribution in [3.8, 4) is 17.2 Å². The summed E-state index contributed by atoms with van der Waals surface area (Å²) in [6.07, 6.45) is 1.54. The largest absolute Gasteiger partial charge is 0.507 e. The average Bonchev–Trinajstić information content (AvgIpc) is 2.57. The van der Waals surface area contributed by atoms with Crippen molar-refractivity contribution in [2.75, 3.05) is 6.61 Å². The fourth-order valence-electron chi connectivity index (χ4n) is 2.12. The van der Waals surface area contributed by atoms with E-state index in [-0.39, 0.29) is 17.4 Å². The number of benzene rings is 2. The number of para-hydroxylation sites is 1. The van der Waals surface area contributed by atoms with Gasteiger partial charge in [0.1, 0.15) is 5.75 Å². The molecule has 1 amide bonds. The summed E-state index contributed by atoms with van der Waals surface area (Å²) in [4.78, 5) is 12.0. The van der Waals surface area contributed by atoms with Gasteiger partial charge in [-0.25, -0.2) is 5.43 Å². The maximum absolute atomic E-state index is 12.0. The van der Waals surface area contributed by atoms with Gasteiger partial charge in [0.2, 0.25) is 0 Å². The van der Waals surface area contributed by atoms with E-state index < -0.39 is 5.91 Å². The standard InChI is InChI=1S/C19H22N2O4/c1-4-24-18-11-14(9-10-17(18)25-13(2)3)12-20-21-19(23)15-7-5-6-8-16(15)22/h5-13,22H,4H2,1-3H3,(H,21,23)/b20-12-. The van der Waals surface area contributed by atoms with Gasteiger partial charge in [0.15, 0.2) is 11.5 Å². The van der Waals surface area contributed by atoms with Gasteiger partial charge in [-0.1, -0.05) is 12.1 Å². The maximum Gasteiger partial charge on any atom is 0.275 e. The van der Waals surface area contributed by atoms with Gasteiger partial charge >= 0.3 is 0 Å². The molecule has 0 aromatic heterocycles. The van der Waals surface area contributed by atoms with Crippen LogP contribution in [0.2, 0.25) is 0 Å². The highest BCUT2D eigenvalue weighted by molar-refractivity contribution is 5.97. The molecule has 0 radical (unpaired) electrons. The van der Waals surface area contributed by atoms with Crippen molar-refractivity contribution < 1.29 is 19.4 Å². The first-order chi connectivity index (χ1) is 12.0. The van der Waals surface area contributed by atoms with Crippen molar-refractivity contribution in [1.82, 2.24) is 5.43 Å². The second kappa shape index (κ2) is 8.73. The topological polar surface area (TPSA) is 80.2 Å². The highest BCUT2D eigenvalue weighted by Crippen LogP contribution is 2.29. The normalized spacial score (nSPS) is 10.9. The number of carbonyl (C=O) groups is 1. The zero-order chi connectivity index (χ0) is 18.2. The van der Waals surface area contributed by atoms with Crippen LogP contribution in [-0.2, 0) is 0 Å². The van der Waals surface area contributed by atoms with Crippen LogP contribution < -0.4 is 14.9 Å². The number of aromatic hydroxyl groups is 1. The van der Waals surface area contributed by atoms with Gasteiger partial charge in [-0.2, -0.15) is 5.10 Å². The van der Waals surface area contributed by atoms with Gasteiger partial charge in [0.05, 0.1) is 24.5 Å². The van der Waals surface area contributed by atoms with Gasteiger partial charge in [-0.15, -0.1) is 0 Å². The third-order valence-electron chi connectivity index (χ3n) is 3.16. The molecule has 0 saturated carbocycles. The Morgan fingerprint density at radius 2 is 2.00 bits per heavy atom. The highest BCUT2D eigenvalue weighted by Gasteiger charge is 2.09. The number of hydrazone groups is 1. The first-order valence-corrected chi connectivity index (χ1v) is 8.06. The van der Waals surface area contributed by atoms with Crippen LogP contribution in [0.3, 0.4) is 0 Å². The van der Waals surface area contributed by atoms with Gasteiger partial charge in [-0.3, -0.25) is 4.79 Å². The van der Waals surface area contributed by atoms with Gasteiger partial charge in [-0.05, 0) is 56.7 Å². The number of nitrogens with zero attached hydrogens (tertiary/aromatic N) is 1. The second-order valence-electron chi connectivity index (χ2n) is 5.52. The molecule has 0 unspecified atom stereocenters. The molecule has 0 aliphatic carbocycles. The molecular weight excluding hydrogens is 320 g/mol. The average molecular weight is 342 g/mol. The van der Waals surface area contributed by atoms with E-state index in [1.165, 1.54) is 18.3 Å². The van der Waals surface area contributed by atoms with Crippen molar-refractivity contribution in [2.45, 2.75) is 26.9 Å². The minimum absolute atomic E-state index is 0.0385. The molecule has 25 heavy (non-hydrogen) atoms. The molecule has 0 aliphatic rings. The van der Waals surface area contributed by atoms with E-state index in [9.17, 15) is 9.90 Å². The Morgan fingerprint density at radius 3 is 2.68 bits per heavy atom. The molecule has 6 nitrogen and oxygen atoms in total. The molecule has 0 heterocycles. The summed E-state index contributed by atoms with van der Waals surface area (Å²) < 4.78 is 11.3. The Bertz CT molecular complexity index is 757. The number of ether oxygens (including phenoxy) is 2. The predicted octanol–water partition coefficient (Wildman–Crippen LogP) is 3.34. The summed E-state index contributed by atoms with van der Waals surface area (Å²) in [6.45, 7) is 6.30. The molecule has 0 saturated heterocycles. The molecule has 2 N–H and O–H groups in total. The molecular formula is C19H22N2O4. The van der Waals surface area contributed by atoms with Crippen LogP contribution in [0.4, 0.5) is 0 Å². The van der Waals surface area contributed by atoms with Crippen LogP contribution in [-0.4, -0.2) is 29.9 Å². The summed E-state index contributed by atoms with van der Waals surface area (Å²) in [5, 5.41) is 13.6. The third kappa shape index (κ3) is 5.24. The van der Waals surface area contributed by atoms with Crippen molar-refractivity contribution in [3.05, 3.63) is 53.6 Å². The lowest BCUT2D eigenvalue weighted by molar-refractivity contribution is 0.0952. The molecule has 0 bridgehead atoms. The van der Waals surface area contributed by atoms with Crippen LogP contribution in [0, 0.1) is 0 Å². The second-order valence-corrected chi connectivity index (χ2v) is 5.52. The van der Waals surface area contributed by atoms with E-state index >= 15 is 0 Å². The van der Waals surface area contributed by atoms with Crippen LogP contribution in [0.25, 0.3) is 0 Å². The quantitative estimate of drug-likeness (QED) is 0.597. The Kier molecular flexibility index (Phi) is 6.39. The molecule has 0 atom stereocenters. The fourth-order valence-corrected chi connectivity index (χ4v) is 2.12. The van der Waals surface area contributed by atoms with E-state index in [2.05, 4.69) is 10.5 Å². The lowest BCUT2D eigenvalue weighted by Crippen LogP contribution is -2.17. The molecule has 0 aliphatic heterocycles. The monoisotopic (exact) mass is 342 g/mol. The van der Waals surface area contributed by atoms with E-state index in [1.807, 2.05) is 26.8 Å². The Hall–Kier alpha value is -3.02. The molecule has 2 rings (SSSR count). The third-order valence-corrected chi connectivity index (χ3v) is 3.16. The number of nitrogens with one attached hydrogen (secondary N) is 1. The summed E-state index contributed by atoms with van der Waals surface area (Å²) in [5.74, 6) is 0.697. The SMILES string of the molecule is CCOc1cc(/C=N\NC(=O)c2ccccc2O)ccc1OC(C)C. The molecule has 2 aromatic carbocycles. The zero-order valence-corrected chi connectivity index (χ0v) is 14.5. The predicted molar refractivity (Wildman–Crippen MR) is 96.5 cm³/mol. The smallest absolute Gasteiger partial charge is 0.275 e. The van der Waals surface area contributed by atoms with Crippen molar-refractivity contribution in [3.63, 3.8) is 0 Å².